The minimum Gasteiger partial charge on any atom is -0.478 e. The van der Waals surface area contributed by atoms with Crippen LogP contribution in [0.2, 0.25) is 0 Å². The van der Waals surface area contributed by atoms with Crippen molar-refractivity contribution in [3.63, 3.8) is 0 Å². The number of amides is 2. The number of rotatable bonds is 5. The Morgan fingerprint density at radius 1 is 1.50 bits per heavy atom. The lowest BCUT2D eigenvalue weighted by Crippen LogP contribution is -2.36. The summed E-state index contributed by atoms with van der Waals surface area (Å²) in [7, 11) is 1.73. The molecule has 0 bridgehead atoms. The molecule has 0 aromatic carbocycles. The zero-order valence-electron chi connectivity index (χ0n) is 10.3. The van der Waals surface area contributed by atoms with Crippen molar-refractivity contribution in [1.29, 1.82) is 0 Å². The molecule has 0 aliphatic heterocycles. The van der Waals surface area contributed by atoms with E-state index in [4.69, 9.17) is 5.11 Å². The van der Waals surface area contributed by atoms with Crippen LogP contribution in [0.5, 0.6) is 0 Å². The maximum absolute atomic E-state index is 11.5. The fraction of sp³-hybridized carbons (Fsp3) is 0.333. The van der Waals surface area contributed by atoms with E-state index < -0.39 is 5.97 Å². The molecule has 0 unspecified atom stereocenters. The third-order valence-electron chi connectivity index (χ3n) is 2.31. The quantitative estimate of drug-likeness (QED) is 0.802. The van der Waals surface area contributed by atoms with Crippen LogP contribution in [0.15, 0.2) is 18.2 Å². The van der Waals surface area contributed by atoms with Crippen LogP contribution in [0, 0.1) is 0 Å². The minimum atomic E-state index is -0.970. The van der Waals surface area contributed by atoms with E-state index in [1.54, 1.807) is 11.9 Å². The number of carbonyl (C=O) groups is 2. The maximum atomic E-state index is 11.5. The van der Waals surface area contributed by atoms with Gasteiger partial charge in [-0.15, -0.1) is 11.3 Å². The Balaban J connectivity index is 2.49. The molecule has 18 heavy (non-hydrogen) atoms. The summed E-state index contributed by atoms with van der Waals surface area (Å²) in [5.41, 5.74) is 0. The van der Waals surface area contributed by atoms with Crippen molar-refractivity contribution in [2.45, 2.75) is 13.5 Å². The van der Waals surface area contributed by atoms with Crippen LogP contribution >= 0.6 is 11.3 Å². The van der Waals surface area contributed by atoms with Gasteiger partial charge in [-0.25, -0.2) is 9.59 Å². The first kappa shape index (κ1) is 14.2. The highest BCUT2D eigenvalue weighted by Crippen LogP contribution is 2.17. The molecule has 2 amide bonds. The van der Waals surface area contributed by atoms with Crippen LogP contribution in [-0.2, 0) is 11.3 Å². The number of urea groups is 1. The van der Waals surface area contributed by atoms with Gasteiger partial charge in [0.2, 0.25) is 0 Å². The number of nitrogens with one attached hydrogen (secondary N) is 1. The normalized spacial score (nSPS) is 10.6. The Morgan fingerprint density at radius 3 is 2.83 bits per heavy atom. The highest BCUT2D eigenvalue weighted by Gasteiger charge is 2.06. The Hall–Kier alpha value is -1.82. The first-order valence-electron chi connectivity index (χ1n) is 5.51. The first-order chi connectivity index (χ1) is 8.52. The van der Waals surface area contributed by atoms with Gasteiger partial charge in [-0.3, -0.25) is 0 Å². The lowest BCUT2D eigenvalue weighted by atomic mass is 10.4. The van der Waals surface area contributed by atoms with Crippen LogP contribution < -0.4 is 5.32 Å². The van der Waals surface area contributed by atoms with Crippen LogP contribution in [0.4, 0.5) is 4.79 Å². The monoisotopic (exact) mass is 268 g/mol. The lowest BCUT2D eigenvalue weighted by molar-refractivity contribution is -0.131. The summed E-state index contributed by atoms with van der Waals surface area (Å²) < 4.78 is 0. The van der Waals surface area contributed by atoms with Crippen LogP contribution in [0.1, 0.15) is 16.7 Å². The van der Waals surface area contributed by atoms with Crippen molar-refractivity contribution >= 4 is 29.4 Å². The SMILES string of the molecule is CCN(C)C(=O)NCc1ccc(C=CC(=O)O)s1. The number of thiophene rings is 1. The predicted octanol–water partition coefficient (Wildman–Crippen LogP) is 2.01. The van der Waals surface area contributed by atoms with E-state index in [0.29, 0.717) is 13.1 Å². The Labute approximate surface area is 110 Å². The van der Waals surface area contributed by atoms with Gasteiger partial charge in [-0.2, -0.15) is 0 Å². The Bertz CT molecular complexity index is 454. The summed E-state index contributed by atoms with van der Waals surface area (Å²) in [6.45, 7) is 3.01. The van der Waals surface area contributed by atoms with Crippen molar-refractivity contribution in [1.82, 2.24) is 10.2 Å². The molecular formula is C12H16N2O3S. The number of carboxylic acid groups (broad SMARTS) is 1. The maximum Gasteiger partial charge on any atom is 0.328 e. The second-order valence-electron chi connectivity index (χ2n) is 3.65. The van der Waals surface area contributed by atoms with Gasteiger partial charge in [0.15, 0.2) is 0 Å². The molecule has 1 aromatic heterocycles. The second kappa shape index (κ2) is 6.80. The predicted molar refractivity (Wildman–Crippen MR) is 71.5 cm³/mol. The molecular weight excluding hydrogens is 252 g/mol. The Morgan fingerprint density at radius 2 is 2.22 bits per heavy atom. The molecule has 2 N–H and O–H groups in total. The average molecular weight is 268 g/mol. The van der Waals surface area contributed by atoms with Gasteiger partial charge in [0.1, 0.15) is 0 Å². The largest absolute Gasteiger partial charge is 0.478 e. The average Bonchev–Trinajstić information content (AvgIpc) is 2.80. The van der Waals surface area contributed by atoms with Crippen LogP contribution in [0.25, 0.3) is 6.08 Å². The number of hydrogen-bond donors (Lipinski definition) is 2. The zero-order valence-corrected chi connectivity index (χ0v) is 11.2. The van der Waals surface area contributed by atoms with E-state index in [9.17, 15) is 9.59 Å². The van der Waals surface area contributed by atoms with E-state index >= 15 is 0 Å². The van der Waals surface area contributed by atoms with Gasteiger partial charge in [0.05, 0.1) is 6.54 Å². The Kier molecular flexibility index (Phi) is 5.38. The molecule has 98 valence electrons. The van der Waals surface area contributed by atoms with E-state index in [1.807, 2.05) is 19.1 Å². The highest BCUT2D eigenvalue weighted by molar-refractivity contribution is 7.12. The smallest absolute Gasteiger partial charge is 0.328 e. The first-order valence-corrected chi connectivity index (χ1v) is 6.33. The third-order valence-corrected chi connectivity index (χ3v) is 3.36. The van der Waals surface area contributed by atoms with Crippen molar-refractivity contribution in [3.8, 4) is 0 Å². The van der Waals surface area contributed by atoms with E-state index in [-0.39, 0.29) is 6.03 Å². The number of carboxylic acids is 1. The van der Waals surface area contributed by atoms with Gasteiger partial charge in [0, 0.05) is 29.4 Å². The van der Waals surface area contributed by atoms with E-state index in [1.165, 1.54) is 17.4 Å². The van der Waals surface area contributed by atoms with Crippen molar-refractivity contribution in [2.75, 3.05) is 13.6 Å². The molecule has 0 saturated heterocycles. The molecule has 6 heteroatoms. The van der Waals surface area contributed by atoms with E-state index in [0.717, 1.165) is 15.8 Å². The number of nitrogens with zero attached hydrogens (tertiary/aromatic N) is 1. The second-order valence-corrected chi connectivity index (χ2v) is 4.85. The van der Waals surface area contributed by atoms with E-state index in [2.05, 4.69) is 5.32 Å². The van der Waals surface area contributed by atoms with Gasteiger partial charge < -0.3 is 15.3 Å². The summed E-state index contributed by atoms with van der Waals surface area (Å²) in [5, 5.41) is 11.3. The summed E-state index contributed by atoms with van der Waals surface area (Å²) >= 11 is 1.45. The molecule has 0 atom stereocenters. The summed E-state index contributed by atoms with van der Waals surface area (Å²) in [4.78, 5) is 25.3. The molecule has 1 aromatic rings. The molecule has 0 aliphatic carbocycles. The van der Waals surface area contributed by atoms with Crippen LogP contribution in [0.3, 0.4) is 0 Å². The summed E-state index contributed by atoms with van der Waals surface area (Å²) in [6.07, 6.45) is 2.63. The van der Waals surface area contributed by atoms with Gasteiger partial charge in [-0.05, 0) is 25.1 Å². The fourth-order valence-corrected chi connectivity index (χ4v) is 2.03. The highest BCUT2D eigenvalue weighted by atomic mass is 32.1. The fourth-order valence-electron chi connectivity index (χ4n) is 1.17. The molecule has 0 saturated carbocycles. The molecule has 0 radical (unpaired) electrons. The van der Waals surface area contributed by atoms with Crippen molar-refractivity contribution in [3.05, 3.63) is 28.0 Å². The van der Waals surface area contributed by atoms with Crippen molar-refractivity contribution in [2.24, 2.45) is 0 Å². The van der Waals surface area contributed by atoms with Crippen molar-refractivity contribution < 1.29 is 14.7 Å². The zero-order chi connectivity index (χ0) is 13.5. The lowest BCUT2D eigenvalue weighted by Gasteiger charge is -2.14. The number of hydrogen-bond acceptors (Lipinski definition) is 3. The van der Waals surface area contributed by atoms with Gasteiger partial charge >= 0.3 is 12.0 Å². The molecule has 1 rings (SSSR count). The summed E-state index contributed by atoms with van der Waals surface area (Å²) in [6, 6.07) is 3.58. The van der Waals surface area contributed by atoms with Gasteiger partial charge in [0.25, 0.3) is 0 Å². The molecule has 0 aliphatic rings. The molecule has 1 heterocycles. The number of carbonyl (C=O) groups excluding carboxylic acids is 1. The minimum absolute atomic E-state index is 0.117. The van der Waals surface area contributed by atoms with Crippen LogP contribution in [-0.4, -0.2) is 35.6 Å². The third kappa shape index (κ3) is 4.58. The standard InChI is InChI=1S/C12H16N2O3S/c1-3-14(2)12(17)13-8-10-5-4-9(18-10)6-7-11(15)16/h4-7H,3,8H2,1-2H3,(H,13,17)(H,15,16). The number of aliphatic carboxylic acids is 1. The molecule has 0 spiro atoms. The molecule has 5 nitrogen and oxygen atoms in total. The molecule has 0 fully saturated rings. The van der Waals surface area contributed by atoms with Gasteiger partial charge in [-0.1, -0.05) is 0 Å². The topological polar surface area (TPSA) is 69.6 Å². The summed E-state index contributed by atoms with van der Waals surface area (Å²) in [5.74, 6) is -0.970.